The number of fused-ring (bicyclic) bond motifs is 1. The Kier molecular flexibility index (Phi) is 6.94. The number of halogens is 3. The van der Waals surface area contributed by atoms with E-state index in [-0.39, 0.29) is 5.82 Å². The second kappa shape index (κ2) is 10.0. The van der Waals surface area contributed by atoms with Gasteiger partial charge in [-0.2, -0.15) is 0 Å². The fourth-order valence-electron chi connectivity index (χ4n) is 4.17. The summed E-state index contributed by atoms with van der Waals surface area (Å²) in [6, 6.07) is 20.8. The molecule has 0 saturated heterocycles. The zero-order valence-corrected chi connectivity index (χ0v) is 18.3. The molecule has 4 aromatic carbocycles. The van der Waals surface area contributed by atoms with Crippen molar-refractivity contribution in [2.24, 2.45) is 0 Å². The minimum Gasteiger partial charge on any atom is -0.206 e. The van der Waals surface area contributed by atoms with Crippen LogP contribution in [0, 0.1) is 17.5 Å². The molecular weight excluding hydrogens is 405 g/mol. The quantitative estimate of drug-likeness (QED) is 0.244. The number of rotatable bonds is 8. The van der Waals surface area contributed by atoms with Gasteiger partial charge in [-0.15, -0.1) is 0 Å². The third kappa shape index (κ3) is 4.88. The molecule has 32 heavy (non-hydrogen) atoms. The van der Waals surface area contributed by atoms with E-state index in [0.717, 1.165) is 35.4 Å². The lowest BCUT2D eigenvalue weighted by molar-refractivity contribution is 0.509. The highest BCUT2D eigenvalue weighted by molar-refractivity contribution is 5.89. The Morgan fingerprint density at radius 2 is 1.31 bits per heavy atom. The van der Waals surface area contributed by atoms with Crippen molar-refractivity contribution in [3.8, 4) is 22.3 Å². The van der Waals surface area contributed by atoms with Crippen molar-refractivity contribution in [3.05, 3.63) is 95.8 Å². The number of unbranched alkanes of at least 4 members (excludes halogenated alkanes) is 4. The summed E-state index contributed by atoms with van der Waals surface area (Å²) in [6.45, 7) is 2.22. The lowest BCUT2D eigenvalue weighted by atomic mass is 9.96. The molecule has 0 aromatic heterocycles. The van der Waals surface area contributed by atoms with E-state index in [1.807, 2.05) is 36.4 Å². The zero-order chi connectivity index (χ0) is 22.5. The standard InChI is InChI=1S/C29H27F3/c1-2-3-4-5-6-7-20-8-15-26-24(18-20)13-16-25(29(26)32)22-11-9-21(10-12-22)23-14-17-27(30)28(31)19-23/h8-19H,2-7H2,1H3. The Morgan fingerprint density at radius 3 is 2.06 bits per heavy atom. The molecule has 0 unspecified atom stereocenters. The number of benzene rings is 4. The molecule has 0 radical (unpaired) electrons. The summed E-state index contributed by atoms with van der Waals surface area (Å²) in [6.07, 6.45) is 7.22. The Balaban J connectivity index is 1.54. The van der Waals surface area contributed by atoms with Crippen LogP contribution in [0.3, 0.4) is 0 Å². The highest BCUT2D eigenvalue weighted by Gasteiger charge is 2.11. The van der Waals surface area contributed by atoms with E-state index in [2.05, 4.69) is 13.0 Å². The van der Waals surface area contributed by atoms with Crippen molar-refractivity contribution < 1.29 is 13.2 Å². The molecule has 0 aliphatic heterocycles. The van der Waals surface area contributed by atoms with Gasteiger partial charge in [0.05, 0.1) is 0 Å². The van der Waals surface area contributed by atoms with E-state index in [9.17, 15) is 8.78 Å². The van der Waals surface area contributed by atoms with Gasteiger partial charge in [-0.1, -0.05) is 93.3 Å². The van der Waals surface area contributed by atoms with Gasteiger partial charge in [-0.25, -0.2) is 13.2 Å². The molecule has 4 rings (SSSR count). The molecule has 0 bridgehead atoms. The van der Waals surface area contributed by atoms with Crippen molar-refractivity contribution >= 4 is 10.8 Å². The van der Waals surface area contributed by atoms with Gasteiger partial charge in [-0.05, 0) is 52.6 Å². The third-order valence-electron chi connectivity index (χ3n) is 6.04. The second-order valence-corrected chi connectivity index (χ2v) is 8.35. The first-order valence-electron chi connectivity index (χ1n) is 11.3. The largest absolute Gasteiger partial charge is 0.206 e. The van der Waals surface area contributed by atoms with Crippen LogP contribution in [0.4, 0.5) is 13.2 Å². The maximum absolute atomic E-state index is 15.3. The molecule has 0 aliphatic carbocycles. The molecular formula is C29H27F3. The van der Waals surface area contributed by atoms with Gasteiger partial charge in [0.15, 0.2) is 11.6 Å². The monoisotopic (exact) mass is 432 g/mol. The summed E-state index contributed by atoms with van der Waals surface area (Å²) in [5, 5.41) is 1.53. The van der Waals surface area contributed by atoms with E-state index in [0.29, 0.717) is 16.5 Å². The lowest BCUT2D eigenvalue weighted by Gasteiger charge is -2.10. The van der Waals surface area contributed by atoms with Crippen LogP contribution in [0.5, 0.6) is 0 Å². The molecule has 0 saturated carbocycles. The highest BCUT2D eigenvalue weighted by atomic mass is 19.2. The average molecular weight is 433 g/mol. The molecule has 164 valence electrons. The van der Waals surface area contributed by atoms with Crippen molar-refractivity contribution in [1.82, 2.24) is 0 Å². The van der Waals surface area contributed by atoms with Gasteiger partial charge in [0, 0.05) is 10.9 Å². The zero-order valence-electron chi connectivity index (χ0n) is 18.3. The Bertz CT molecular complexity index is 1210. The van der Waals surface area contributed by atoms with Crippen LogP contribution in [-0.4, -0.2) is 0 Å². The third-order valence-corrected chi connectivity index (χ3v) is 6.04. The average Bonchev–Trinajstić information content (AvgIpc) is 2.81. The predicted octanol–water partition coefficient (Wildman–Crippen LogP) is 9.10. The minimum atomic E-state index is -0.882. The summed E-state index contributed by atoms with van der Waals surface area (Å²) >= 11 is 0. The molecule has 3 heteroatoms. The van der Waals surface area contributed by atoms with Gasteiger partial charge in [-0.3, -0.25) is 0 Å². The number of hydrogen-bond donors (Lipinski definition) is 0. The fraction of sp³-hybridized carbons (Fsp3) is 0.241. The van der Waals surface area contributed by atoms with Gasteiger partial charge < -0.3 is 0 Å². The second-order valence-electron chi connectivity index (χ2n) is 8.35. The first-order chi connectivity index (χ1) is 15.6. The van der Waals surface area contributed by atoms with Crippen LogP contribution in [0.25, 0.3) is 33.0 Å². The summed E-state index contributed by atoms with van der Waals surface area (Å²) in [5.41, 5.74) is 3.85. The van der Waals surface area contributed by atoms with Gasteiger partial charge in [0.25, 0.3) is 0 Å². The van der Waals surface area contributed by atoms with Crippen LogP contribution in [0.1, 0.15) is 44.6 Å². The van der Waals surface area contributed by atoms with Crippen LogP contribution < -0.4 is 0 Å². The smallest absolute Gasteiger partial charge is 0.159 e. The summed E-state index contributed by atoms with van der Waals surface area (Å²) in [4.78, 5) is 0. The molecule has 0 N–H and O–H groups in total. The maximum atomic E-state index is 15.3. The lowest BCUT2D eigenvalue weighted by Crippen LogP contribution is -1.91. The summed E-state index contributed by atoms with van der Waals surface area (Å²) in [7, 11) is 0. The van der Waals surface area contributed by atoms with Crippen LogP contribution >= 0.6 is 0 Å². The minimum absolute atomic E-state index is 0.238. The van der Waals surface area contributed by atoms with Gasteiger partial charge in [0.1, 0.15) is 5.82 Å². The molecule has 0 heterocycles. The van der Waals surface area contributed by atoms with E-state index in [1.165, 1.54) is 43.4 Å². The molecule has 0 nitrogen and oxygen atoms in total. The van der Waals surface area contributed by atoms with Crippen molar-refractivity contribution in [2.45, 2.75) is 45.4 Å². The number of aryl methyl sites for hydroxylation is 1. The molecule has 4 aromatic rings. The van der Waals surface area contributed by atoms with Gasteiger partial charge in [0.2, 0.25) is 0 Å². The molecule has 0 spiro atoms. The SMILES string of the molecule is CCCCCCCc1ccc2c(F)c(-c3ccc(-c4ccc(F)c(F)c4)cc3)ccc2c1. The van der Waals surface area contributed by atoms with Crippen molar-refractivity contribution in [2.75, 3.05) is 0 Å². The Hall–Kier alpha value is -3.07. The number of hydrogen-bond acceptors (Lipinski definition) is 0. The van der Waals surface area contributed by atoms with Crippen molar-refractivity contribution in [1.29, 1.82) is 0 Å². The van der Waals surface area contributed by atoms with Crippen molar-refractivity contribution in [3.63, 3.8) is 0 Å². The van der Waals surface area contributed by atoms with Crippen LogP contribution in [0.2, 0.25) is 0 Å². The molecule has 0 atom stereocenters. The highest BCUT2D eigenvalue weighted by Crippen LogP contribution is 2.31. The normalized spacial score (nSPS) is 11.2. The molecule has 0 aliphatic rings. The Labute approximate surface area is 187 Å². The first-order valence-corrected chi connectivity index (χ1v) is 11.3. The molecule has 0 fully saturated rings. The first kappa shape index (κ1) is 22.1. The van der Waals surface area contributed by atoms with E-state index in [4.69, 9.17) is 0 Å². The predicted molar refractivity (Wildman–Crippen MR) is 127 cm³/mol. The maximum Gasteiger partial charge on any atom is 0.159 e. The Morgan fingerprint density at radius 1 is 0.594 bits per heavy atom. The summed E-state index contributed by atoms with van der Waals surface area (Å²) in [5.74, 6) is -1.99. The van der Waals surface area contributed by atoms with E-state index < -0.39 is 11.6 Å². The fourth-order valence-corrected chi connectivity index (χ4v) is 4.17. The molecule has 0 amide bonds. The van der Waals surface area contributed by atoms with Gasteiger partial charge >= 0.3 is 0 Å². The topological polar surface area (TPSA) is 0 Å². The summed E-state index contributed by atoms with van der Waals surface area (Å²) < 4.78 is 42.0. The van der Waals surface area contributed by atoms with E-state index >= 15 is 4.39 Å². The van der Waals surface area contributed by atoms with E-state index in [1.54, 1.807) is 12.1 Å². The van der Waals surface area contributed by atoms with Crippen LogP contribution in [0.15, 0.2) is 72.8 Å². The van der Waals surface area contributed by atoms with Crippen LogP contribution in [-0.2, 0) is 6.42 Å².